The van der Waals surface area contributed by atoms with Crippen molar-refractivity contribution < 1.29 is 19.1 Å². The maximum atomic E-state index is 14.0. The predicted molar refractivity (Wildman–Crippen MR) is 168 cm³/mol. The monoisotopic (exact) mass is 582 g/mol. The van der Waals surface area contributed by atoms with Crippen molar-refractivity contribution in [2.75, 3.05) is 25.0 Å². The van der Waals surface area contributed by atoms with Crippen molar-refractivity contribution >= 4 is 23.4 Å². The van der Waals surface area contributed by atoms with Crippen LogP contribution in [0.15, 0.2) is 66.7 Å². The molecule has 2 unspecified atom stereocenters. The Morgan fingerprint density at radius 2 is 1.60 bits per heavy atom. The van der Waals surface area contributed by atoms with Crippen LogP contribution in [-0.4, -0.2) is 59.2 Å². The number of amides is 3. The molecule has 2 aliphatic heterocycles. The smallest absolute Gasteiger partial charge is 0.257 e. The Bertz CT molecular complexity index is 1460. The molecular weight excluding hydrogens is 540 g/mol. The summed E-state index contributed by atoms with van der Waals surface area (Å²) < 4.78 is 6.20. The van der Waals surface area contributed by atoms with E-state index in [1.807, 2.05) is 52.0 Å². The Hall–Kier alpha value is -4.17. The second-order valence-electron chi connectivity index (χ2n) is 12.1. The number of hydrogen-bond acceptors (Lipinski definition) is 5. The maximum Gasteiger partial charge on any atom is 0.257 e. The lowest BCUT2D eigenvalue weighted by Crippen LogP contribution is -2.56. The van der Waals surface area contributed by atoms with E-state index in [1.165, 1.54) is 10.5 Å². The molecule has 3 aromatic carbocycles. The van der Waals surface area contributed by atoms with Crippen LogP contribution in [0.25, 0.3) is 0 Å². The summed E-state index contributed by atoms with van der Waals surface area (Å²) in [5.41, 5.74) is 3.96. The lowest BCUT2D eigenvalue weighted by molar-refractivity contribution is -0.129. The van der Waals surface area contributed by atoms with Gasteiger partial charge in [0.25, 0.3) is 5.91 Å². The van der Waals surface area contributed by atoms with Crippen LogP contribution < -0.4 is 15.4 Å². The quantitative estimate of drug-likeness (QED) is 0.347. The minimum atomic E-state index is -0.798. The molecule has 43 heavy (non-hydrogen) atoms. The molecule has 3 amide bonds. The summed E-state index contributed by atoms with van der Waals surface area (Å²) in [7, 11) is 0. The van der Waals surface area contributed by atoms with Crippen molar-refractivity contribution in [3.05, 3.63) is 89.0 Å². The van der Waals surface area contributed by atoms with Crippen LogP contribution in [0.5, 0.6) is 11.5 Å². The van der Waals surface area contributed by atoms with Crippen molar-refractivity contribution in [2.45, 2.75) is 65.6 Å². The molecule has 1 saturated heterocycles. The summed E-state index contributed by atoms with van der Waals surface area (Å²) in [4.78, 5) is 44.6. The lowest BCUT2D eigenvalue weighted by atomic mass is 9.97. The number of nitrogens with one attached hydrogen (secondary N) is 2. The number of para-hydroxylation sites is 1. The number of piperidine rings is 1. The summed E-state index contributed by atoms with van der Waals surface area (Å²) in [5.74, 6) is 0.0798. The van der Waals surface area contributed by atoms with E-state index in [0.29, 0.717) is 23.0 Å². The fraction of sp³-hybridized carbons (Fsp3) is 0.400. The Morgan fingerprint density at radius 1 is 0.930 bits per heavy atom. The molecule has 0 bridgehead atoms. The summed E-state index contributed by atoms with van der Waals surface area (Å²) in [5, 5.41) is 6.06. The van der Waals surface area contributed by atoms with Gasteiger partial charge in [-0.3, -0.25) is 19.3 Å². The van der Waals surface area contributed by atoms with Gasteiger partial charge in [0, 0.05) is 25.2 Å². The maximum absolute atomic E-state index is 14.0. The van der Waals surface area contributed by atoms with Gasteiger partial charge in [0.2, 0.25) is 11.8 Å². The fourth-order valence-electron chi connectivity index (χ4n) is 6.21. The van der Waals surface area contributed by atoms with E-state index in [-0.39, 0.29) is 36.2 Å². The van der Waals surface area contributed by atoms with Gasteiger partial charge in [0.15, 0.2) is 0 Å². The van der Waals surface area contributed by atoms with Crippen LogP contribution in [0.4, 0.5) is 5.69 Å². The highest BCUT2D eigenvalue weighted by atomic mass is 16.5. The summed E-state index contributed by atoms with van der Waals surface area (Å²) in [6, 6.07) is 21.0. The lowest BCUT2D eigenvalue weighted by Gasteiger charge is -2.38. The van der Waals surface area contributed by atoms with Gasteiger partial charge in [-0.05, 0) is 74.4 Å². The van der Waals surface area contributed by atoms with E-state index in [2.05, 4.69) is 46.7 Å². The molecule has 2 aliphatic rings. The van der Waals surface area contributed by atoms with Gasteiger partial charge in [-0.15, -0.1) is 0 Å². The van der Waals surface area contributed by atoms with Crippen molar-refractivity contribution in [1.29, 1.82) is 0 Å². The second-order valence-corrected chi connectivity index (χ2v) is 12.1. The van der Waals surface area contributed by atoms with E-state index < -0.39 is 6.04 Å². The fourth-order valence-corrected chi connectivity index (χ4v) is 6.21. The zero-order valence-corrected chi connectivity index (χ0v) is 25.7. The highest BCUT2D eigenvalue weighted by Gasteiger charge is 2.38. The van der Waals surface area contributed by atoms with Crippen LogP contribution in [0.2, 0.25) is 0 Å². The predicted octanol–water partition coefficient (Wildman–Crippen LogP) is 5.86. The molecule has 3 aromatic rings. The number of benzene rings is 3. The normalized spacial score (nSPS) is 17.6. The van der Waals surface area contributed by atoms with Crippen LogP contribution >= 0.6 is 0 Å². The number of ether oxygens (including phenoxy) is 1. The zero-order chi connectivity index (χ0) is 30.7. The first-order valence-corrected chi connectivity index (χ1v) is 15.2. The van der Waals surface area contributed by atoms with Gasteiger partial charge in [-0.25, -0.2) is 0 Å². The van der Waals surface area contributed by atoms with E-state index in [0.717, 1.165) is 42.8 Å². The molecule has 2 heterocycles. The first kappa shape index (κ1) is 30.3. The van der Waals surface area contributed by atoms with Crippen LogP contribution in [0, 0.1) is 19.8 Å². The van der Waals surface area contributed by atoms with Crippen LogP contribution in [-0.2, 0) is 9.59 Å². The van der Waals surface area contributed by atoms with Crippen LogP contribution in [0.1, 0.15) is 66.7 Å². The molecular formula is C35H42N4O4. The van der Waals surface area contributed by atoms with Crippen molar-refractivity contribution in [3.63, 3.8) is 0 Å². The summed E-state index contributed by atoms with van der Waals surface area (Å²) in [6.45, 7) is 11.5. The van der Waals surface area contributed by atoms with E-state index >= 15 is 0 Å². The molecule has 226 valence electrons. The number of carbonyl (C=O) groups is 3. The van der Waals surface area contributed by atoms with Crippen molar-refractivity contribution in [3.8, 4) is 11.5 Å². The van der Waals surface area contributed by atoms with E-state index in [9.17, 15) is 14.4 Å². The molecule has 8 heteroatoms. The molecule has 5 rings (SSSR count). The highest BCUT2D eigenvalue weighted by molar-refractivity contribution is 6.10. The summed E-state index contributed by atoms with van der Waals surface area (Å²) in [6.07, 6.45) is 1.65. The molecule has 0 spiro atoms. The van der Waals surface area contributed by atoms with Gasteiger partial charge in [0.1, 0.15) is 24.1 Å². The minimum absolute atomic E-state index is 0.00789. The topological polar surface area (TPSA) is 91.0 Å². The number of fused-ring (bicyclic) bond motifs is 1. The third-order valence-corrected chi connectivity index (χ3v) is 8.64. The Morgan fingerprint density at radius 3 is 2.26 bits per heavy atom. The molecule has 2 atom stereocenters. The Labute approximate surface area is 254 Å². The van der Waals surface area contributed by atoms with Gasteiger partial charge < -0.3 is 20.3 Å². The molecule has 0 aromatic heterocycles. The second kappa shape index (κ2) is 13.0. The first-order valence-electron chi connectivity index (χ1n) is 15.2. The third kappa shape index (κ3) is 6.75. The number of likely N-dealkylation sites (tertiary alicyclic amines) is 1. The van der Waals surface area contributed by atoms with Gasteiger partial charge in [0.05, 0.1) is 11.3 Å². The molecule has 1 fully saturated rings. The molecule has 0 saturated carbocycles. The number of anilines is 1. The molecule has 2 N–H and O–H groups in total. The summed E-state index contributed by atoms with van der Waals surface area (Å²) >= 11 is 0. The van der Waals surface area contributed by atoms with Gasteiger partial charge in [-0.2, -0.15) is 0 Å². The van der Waals surface area contributed by atoms with Gasteiger partial charge in [-0.1, -0.05) is 62.4 Å². The number of hydrogen-bond donors (Lipinski definition) is 2. The average molecular weight is 583 g/mol. The Balaban J connectivity index is 1.30. The average Bonchev–Trinajstić information content (AvgIpc) is 3.10. The number of carbonyl (C=O) groups excluding carboxylic acids is 3. The number of rotatable bonds is 8. The van der Waals surface area contributed by atoms with E-state index in [4.69, 9.17) is 4.74 Å². The largest absolute Gasteiger partial charge is 0.457 e. The van der Waals surface area contributed by atoms with Crippen molar-refractivity contribution in [2.24, 2.45) is 5.92 Å². The van der Waals surface area contributed by atoms with Gasteiger partial charge >= 0.3 is 0 Å². The molecule has 8 nitrogen and oxygen atoms in total. The van der Waals surface area contributed by atoms with Crippen LogP contribution in [0.3, 0.4) is 0 Å². The minimum Gasteiger partial charge on any atom is -0.457 e. The number of aryl methyl sites for hydroxylation is 2. The Kier molecular flexibility index (Phi) is 9.16. The zero-order valence-electron chi connectivity index (χ0n) is 25.7. The standard InChI is InChI=1S/C35H42N4O4/c1-22(2)32(34(41)36-27-16-18-38(19-17-27)25(5)26-12-7-6-8-13-26)39-21-31(40)37-30-15-14-28(20-29(30)35(39)42)43-33-23(3)10-9-11-24(33)4/h6-15,20,22,25,27,32H,16-19,21H2,1-5H3,(H,36,41)(H,37,40). The first-order chi connectivity index (χ1) is 20.6. The number of nitrogens with zero attached hydrogens (tertiary/aromatic N) is 2. The third-order valence-electron chi connectivity index (χ3n) is 8.64. The van der Waals surface area contributed by atoms with E-state index in [1.54, 1.807) is 18.2 Å². The molecule has 0 aliphatic carbocycles. The van der Waals surface area contributed by atoms with Crippen molar-refractivity contribution in [1.82, 2.24) is 15.1 Å². The SMILES string of the molecule is Cc1cccc(C)c1Oc1ccc2c(c1)C(=O)N(C(C(=O)NC1CCN(C(C)c3ccccc3)CC1)C(C)C)CC(=O)N2. The highest BCUT2D eigenvalue weighted by Crippen LogP contribution is 2.33. The molecule has 0 radical (unpaired) electrons.